The lowest BCUT2D eigenvalue weighted by Crippen LogP contribution is -2.08. The Labute approximate surface area is 91.8 Å². The highest BCUT2D eigenvalue weighted by atomic mass is 16.5. The maximum absolute atomic E-state index is 5.41. The Morgan fingerprint density at radius 2 is 2.07 bits per heavy atom. The van der Waals surface area contributed by atoms with Crippen LogP contribution in [-0.4, -0.2) is 7.11 Å². The second-order valence-corrected chi connectivity index (χ2v) is 4.20. The lowest BCUT2D eigenvalue weighted by atomic mass is 9.80. The van der Waals surface area contributed by atoms with Gasteiger partial charge in [-0.3, -0.25) is 0 Å². The Balaban J connectivity index is 2.30. The van der Waals surface area contributed by atoms with E-state index in [0.29, 0.717) is 5.92 Å². The summed E-state index contributed by atoms with van der Waals surface area (Å²) in [4.78, 5) is 0. The van der Waals surface area contributed by atoms with Gasteiger partial charge in [0.05, 0.1) is 7.11 Å². The first-order valence-corrected chi connectivity index (χ1v) is 5.63. The third-order valence-electron chi connectivity index (χ3n) is 3.25. The molecule has 1 nitrogen and oxygen atoms in total. The molecule has 0 spiro atoms. The van der Waals surface area contributed by atoms with Crippen LogP contribution in [0.2, 0.25) is 0 Å². The zero-order chi connectivity index (χ0) is 10.7. The van der Waals surface area contributed by atoms with Crippen molar-refractivity contribution in [1.29, 1.82) is 0 Å². The van der Waals surface area contributed by atoms with E-state index in [1.54, 1.807) is 7.11 Å². The molecule has 0 aromatic heterocycles. The number of rotatable bonds is 2. The van der Waals surface area contributed by atoms with Crippen molar-refractivity contribution in [2.75, 3.05) is 7.11 Å². The van der Waals surface area contributed by atoms with Crippen LogP contribution in [0.25, 0.3) is 0 Å². The van der Waals surface area contributed by atoms with Crippen molar-refractivity contribution in [2.24, 2.45) is 0 Å². The maximum atomic E-state index is 5.41. The molecule has 1 unspecified atom stereocenters. The molecule has 0 saturated heterocycles. The van der Waals surface area contributed by atoms with Crippen LogP contribution in [0.5, 0.6) is 5.75 Å². The molecule has 0 aliphatic heterocycles. The van der Waals surface area contributed by atoms with Crippen molar-refractivity contribution in [3.63, 3.8) is 0 Å². The zero-order valence-corrected chi connectivity index (χ0v) is 9.33. The van der Waals surface area contributed by atoms with Crippen LogP contribution in [0.1, 0.15) is 37.2 Å². The van der Waals surface area contributed by atoms with Gasteiger partial charge in [-0.1, -0.05) is 36.8 Å². The molecule has 1 aromatic carbocycles. The first kappa shape index (κ1) is 10.3. The van der Waals surface area contributed by atoms with Crippen molar-refractivity contribution in [3.8, 4) is 5.75 Å². The summed E-state index contributed by atoms with van der Waals surface area (Å²) in [6.07, 6.45) is 4.99. The molecule has 2 rings (SSSR count). The third kappa shape index (κ3) is 2.06. The lowest BCUT2D eigenvalue weighted by Gasteiger charge is -2.26. The summed E-state index contributed by atoms with van der Waals surface area (Å²) < 4.78 is 5.41. The first-order chi connectivity index (χ1) is 7.33. The highest BCUT2D eigenvalue weighted by Crippen LogP contribution is 2.39. The van der Waals surface area contributed by atoms with Crippen molar-refractivity contribution in [3.05, 3.63) is 42.0 Å². The molecule has 80 valence electrons. The van der Waals surface area contributed by atoms with Gasteiger partial charge in [0, 0.05) is 11.5 Å². The predicted molar refractivity (Wildman–Crippen MR) is 63.3 cm³/mol. The van der Waals surface area contributed by atoms with Gasteiger partial charge in [-0.15, -0.1) is 0 Å². The summed E-state index contributed by atoms with van der Waals surface area (Å²) in [7, 11) is 1.74. The third-order valence-corrected chi connectivity index (χ3v) is 3.25. The van der Waals surface area contributed by atoms with E-state index in [2.05, 4.69) is 18.7 Å². The van der Waals surface area contributed by atoms with Gasteiger partial charge in [0.15, 0.2) is 0 Å². The van der Waals surface area contributed by atoms with E-state index in [-0.39, 0.29) is 0 Å². The molecule has 0 heterocycles. The van der Waals surface area contributed by atoms with Crippen molar-refractivity contribution in [1.82, 2.24) is 0 Å². The monoisotopic (exact) mass is 202 g/mol. The number of para-hydroxylation sites is 1. The fraction of sp³-hybridized carbons (Fsp3) is 0.429. The van der Waals surface area contributed by atoms with Gasteiger partial charge in [0.2, 0.25) is 0 Å². The van der Waals surface area contributed by atoms with Crippen LogP contribution in [-0.2, 0) is 0 Å². The minimum Gasteiger partial charge on any atom is -0.496 e. The molecule has 0 N–H and O–H groups in total. The van der Waals surface area contributed by atoms with Crippen molar-refractivity contribution in [2.45, 2.75) is 31.6 Å². The van der Waals surface area contributed by atoms with Crippen LogP contribution in [0.3, 0.4) is 0 Å². The van der Waals surface area contributed by atoms with E-state index in [1.807, 2.05) is 12.1 Å². The van der Waals surface area contributed by atoms with E-state index in [0.717, 1.165) is 5.75 Å². The topological polar surface area (TPSA) is 9.23 Å². The molecule has 1 aromatic rings. The normalized spacial score (nSPS) is 21.4. The quantitative estimate of drug-likeness (QED) is 0.661. The van der Waals surface area contributed by atoms with E-state index < -0.39 is 0 Å². The number of hydrogen-bond acceptors (Lipinski definition) is 1. The fourth-order valence-electron chi connectivity index (χ4n) is 2.41. The van der Waals surface area contributed by atoms with E-state index >= 15 is 0 Å². The maximum Gasteiger partial charge on any atom is 0.122 e. The summed E-state index contributed by atoms with van der Waals surface area (Å²) in [6.45, 7) is 4.19. The summed E-state index contributed by atoms with van der Waals surface area (Å²) in [5.74, 6) is 1.51. The summed E-state index contributed by atoms with van der Waals surface area (Å²) in [5, 5.41) is 0. The SMILES string of the molecule is C=C1CCCCC1c1ccccc1OC. The number of benzene rings is 1. The van der Waals surface area contributed by atoms with E-state index in [4.69, 9.17) is 4.74 Å². The molecule has 1 fully saturated rings. The minimum absolute atomic E-state index is 0.509. The second-order valence-electron chi connectivity index (χ2n) is 4.20. The van der Waals surface area contributed by atoms with Crippen molar-refractivity contribution >= 4 is 0 Å². The predicted octanol–water partition coefficient (Wildman–Crippen LogP) is 3.91. The fourth-order valence-corrected chi connectivity index (χ4v) is 2.41. The van der Waals surface area contributed by atoms with Gasteiger partial charge in [-0.05, 0) is 25.3 Å². The summed E-state index contributed by atoms with van der Waals surface area (Å²) >= 11 is 0. The van der Waals surface area contributed by atoms with Gasteiger partial charge in [0.1, 0.15) is 5.75 Å². The van der Waals surface area contributed by atoms with Crippen molar-refractivity contribution < 1.29 is 4.74 Å². The Kier molecular flexibility index (Phi) is 3.10. The number of ether oxygens (including phenoxy) is 1. The molecule has 1 aliphatic rings. The Morgan fingerprint density at radius 3 is 2.80 bits per heavy atom. The van der Waals surface area contributed by atoms with Gasteiger partial charge < -0.3 is 4.74 Å². The molecule has 1 heteroatoms. The van der Waals surface area contributed by atoms with Crippen LogP contribution < -0.4 is 4.74 Å². The van der Waals surface area contributed by atoms with Gasteiger partial charge >= 0.3 is 0 Å². The van der Waals surface area contributed by atoms with E-state index in [1.165, 1.54) is 36.8 Å². The van der Waals surface area contributed by atoms with Crippen LogP contribution in [0.4, 0.5) is 0 Å². The molecule has 0 amide bonds. The standard InChI is InChI=1S/C14H18O/c1-11-7-3-4-8-12(11)13-9-5-6-10-14(13)15-2/h5-6,9-10,12H,1,3-4,7-8H2,2H3. The average molecular weight is 202 g/mol. The smallest absolute Gasteiger partial charge is 0.122 e. The average Bonchev–Trinajstić information content (AvgIpc) is 2.30. The molecule has 1 saturated carbocycles. The molecule has 1 aliphatic carbocycles. The number of hydrogen-bond donors (Lipinski definition) is 0. The molecule has 0 radical (unpaired) electrons. The van der Waals surface area contributed by atoms with Gasteiger partial charge in [-0.25, -0.2) is 0 Å². The summed E-state index contributed by atoms with van der Waals surface area (Å²) in [5.41, 5.74) is 2.68. The lowest BCUT2D eigenvalue weighted by molar-refractivity contribution is 0.402. The minimum atomic E-state index is 0.509. The first-order valence-electron chi connectivity index (χ1n) is 5.63. The Morgan fingerprint density at radius 1 is 1.27 bits per heavy atom. The Hall–Kier alpha value is -1.24. The Bertz CT molecular complexity index is 354. The van der Waals surface area contributed by atoms with E-state index in [9.17, 15) is 0 Å². The summed E-state index contributed by atoms with van der Waals surface area (Å²) in [6, 6.07) is 8.31. The molecular weight excluding hydrogens is 184 g/mol. The second kappa shape index (κ2) is 4.52. The molecule has 0 bridgehead atoms. The largest absolute Gasteiger partial charge is 0.496 e. The van der Waals surface area contributed by atoms with Crippen LogP contribution >= 0.6 is 0 Å². The molecule has 15 heavy (non-hydrogen) atoms. The van der Waals surface area contributed by atoms with Gasteiger partial charge in [-0.2, -0.15) is 0 Å². The van der Waals surface area contributed by atoms with Gasteiger partial charge in [0.25, 0.3) is 0 Å². The van der Waals surface area contributed by atoms with Crippen LogP contribution in [0, 0.1) is 0 Å². The van der Waals surface area contributed by atoms with Crippen LogP contribution in [0.15, 0.2) is 36.4 Å². The zero-order valence-electron chi connectivity index (χ0n) is 9.33. The number of methoxy groups -OCH3 is 1. The highest BCUT2D eigenvalue weighted by molar-refractivity contribution is 5.40. The molecule has 1 atom stereocenters. The highest BCUT2D eigenvalue weighted by Gasteiger charge is 2.21. The number of allylic oxidation sites excluding steroid dienone is 1. The molecular formula is C14H18O.